The van der Waals surface area contributed by atoms with Crippen LogP contribution in [0.1, 0.15) is 25.8 Å². The molecule has 0 bridgehead atoms. The Balaban J connectivity index is 2.84. The van der Waals surface area contributed by atoms with Gasteiger partial charge in [0.2, 0.25) is 0 Å². The summed E-state index contributed by atoms with van der Waals surface area (Å²) < 4.78 is 4.15. The predicted octanol–water partition coefficient (Wildman–Crippen LogP) is 2.27. The molecule has 13 heavy (non-hydrogen) atoms. The highest BCUT2D eigenvalue weighted by atomic mass is 32.1. The van der Waals surface area contributed by atoms with Crippen LogP contribution in [0.4, 0.5) is 10.8 Å². The second-order valence-corrected chi connectivity index (χ2v) is 3.83. The number of anilines is 2. The van der Waals surface area contributed by atoms with Gasteiger partial charge in [-0.05, 0) is 31.8 Å². The fourth-order valence-corrected chi connectivity index (χ4v) is 2.21. The molecule has 4 heteroatoms. The zero-order valence-electron chi connectivity index (χ0n) is 8.50. The molecule has 0 spiro atoms. The molecule has 0 saturated carbocycles. The third-order valence-corrected chi connectivity index (χ3v) is 3.12. The molecule has 74 valence electrons. The summed E-state index contributed by atoms with van der Waals surface area (Å²) in [5.74, 6) is 0.676. The first-order valence-corrected chi connectivity index (χ1v) is 5.44. The second-order valence-electron chi connectivity index (χ2n) is 3.08. The van der Waals surface area contributed by atoms with E-state index in [-0.39, 0.29) is 0 Å². The molecule has 0 saturated heterocycles. The Morgan fingerprint density at radius 3 is 2.54 bits per heavy atom. The third-order valence-electron chi connectivity index (χ3n) is 2.10. The van der Waals surface area contributed by atoms with Crippen molar-refractivity contribution in [3.63, 3.8) is 0 Å². The van der Waals surface area contributed by atoms with E-state index in [2.05, 4.69) is 23.1 Å². The summed E-state index contributed by atoms with van der Waals surface area (Å²) in [6.45, 7) is 8.48. The Bertz CT molecular complexity index is 270. The molecule has 0 atom stereocenters. The van der Waals surface area contributed by atoms with E-state index < -0.39 is 0 Å². The zero-order chi connectivity index (χ0) is 9.84. The van der Waals surface area contributed by atoms with E-state index in [0.717, 1.165) is 25.1 Å². The molecule has 2 N–H and O–H groups in total. The number of rotatable bonds is 4. The minimum atomic E-state index is 0.676. The lowest BCUT2D eigenvalue weighted by molar-refractivity contribution is 0.796. The van der Waals surface area contributed by atoms with Gasteiger partial charge in [-0.1, -0.05) is 6.92 Å². The monoisotopic (exact) mass is 199 g/mol. The van der Waals surface area contributed by atoms with E-state index in [0.29, 0.717) is 5.82 Å². The molecule has 0 unspecified atom stereocenters. The van der Waals surface area contributed by atoms with Crippen LogP contribution in [0.2, 0.25) is 0 Å². The molecule has 0 aliphatic heterocycles. The van der Waals surface area contributed by atoms with Crippen molar-refractivity contribution in [2.45, 2.75) is 27.2 Å². The summed E-state index contributed by atoms with van der Waals surface area (Å²) in [6.07, 6.45) is 1.16. The quantitative estimate of drug-likeness (QED) is 0.809. The van der Waals surface area contributed by atoms with Crippen LogP contribution in [0.25, 0.3) is 0 Å². The lowest BCUT2D eigenvalue weighted by Crippen LogP contribution is -2.23. The summed E-state index contributed by atoms with van der Waals surface area (Å²) in [4.78, 5) is 2.32. The van der Waals surface area contributed by atoms with E-state index >= 15 is 0 Å². The largest absolute Gasteiger partial charge is 0.383 e. The number of hydrogen-bond acceptors (Lipinski definition) is 4. The van der Waals surface area contributed by atoms with Gasteiger partial charge >= 0.3 is 0 Å². The van der Waals surface area contributed by atoms with E-state index in [1.807, 2.05) is 6.92 Å². The molecule has 1 heterocycles. The first-order chi connectivity index (χ1) is 6.20. The molecule has 0 radical (unpaired) electrons. The predicted molar refractivity (Wildman–Crippen MR) is 59.4 cm³/mol. The molecule has 0 aliphatic rings. The zero-order valence-corrected chi connectivity index (χ0v) is 9.32. The van der Waals surface area contributed by atoms with Crippen molar-refractivity contribution in [3.05, 3.63) is 5.56 Å². The fourth-order valence-electron chi connectivity index (χ4n) is 1.31. The van der Waals surface area contributed by atoms with Gasteiger partial charge in [-0.25, -0.2) is 0 Å². The summed E-state index contributed by atoms with van der Waals surface area (Å²) in [5.41, 5.74) is 6.83. The normalized spacial score (nSPS) is 10.4. The Labute approximate surface area is 83.7 Å². The highest BCUT2D eigenvalue weighted by Crippen LogP contribution is 2.29. The summed E-state index contributed by atoms with van der Waals surface area (Å²) in [7, 11) is 0. The molecular formula is C9H17N3S. The van der Waals surface area contributed by atoms with E-state index in [4.69, 9.17) is 5.73 Å². The number of hydrogen-bond donors (Lipinski definition) is 1. The van der Waals surface area contributed by atoms with Gasteiger partial charge in [0.05, 0.1) is 0 Å². The molecule has 3 nitrogen and oxygen atoms in total. The molecule has 0 aliphatic carbocycles. The van der Waals surface area contributed by atoms with Crippen molar-refractivity contribution in [2.24, 2.45) is 0 Å². The van der Waals surface area contributed by atoms with Crippen LogP contribution in [0, 0.1) is 6.92 Å². The van der Waals surface area contributed by atoms with Crippen molar-refractivity contribution in [1.82, 2.24) is 4.37 Å². The van der Waals surface area contributed by atoms with Gasteiger partial charge in [0, 0.05) is 18.7 Å². The maximum absolute atomic E-state index is 5.70. The van der Waals surface area contributed by atoms with Gasteiger partial charge in [-0.3, -0.25) is 0 Å². The van der Waals surface area contributed by atoms with Crippen LogP contribution in [-0.2, 0) is 0 Å². The van der Waals surface area contributed by atoms with Gasteiger partial charge in [0.1, 0.15) is 10.8 Å². The standard InChI is InChI=1S/C9H17N3S/c1-4-6-12(5-2)9-7(3)8(10)11-13-9/h4-6H2,1-3H3,(H2,10,11). The first kappa shape index (κ1) is 10.3. The average Bonchev–Trinajstić information content (AvgIpc) is 2.45. The van der Waals surface area contributed by atoms with Crippen LogP contribution < -0.4 is 10.6 Å². The number of nitrogens with two attached hydrogens (primary N) is 1. The Kier molecular flexibility index (Phi) is 3.54. The van der Waals surface area contributed by atoms with Crippen molar-refractivity contribution in [2.75, 3.05) is 23.7 Å². The van der Waals surface area contributed by atoms with E-state index in [1.54, 1.807) is 0 Å². The third kappa shape index (κ3) is 2.12. The molecule has 1 rings (SSSR count). The van der Waals surface area contributed by atoms with Gasteiger partial charge in [-0.2, -0.15) is 4.37 Å². The van der Waals surface area contributed by atoms with Crippen molar-refractivity contribution in [1.29, 1.82) is 0 Å². The second kappa shape index (κ2) is 4.46. The Hall–Kier alpha value is -0.770. The van der Waals surface area contributed by atoms with Gasteiger partial charge in [-0.15, -0.1) is 0 Å². The van der Waals surface area contributed by atoms with Gasteiger partial charge in [0.25, 0.3) is 0 Å². The summed E-state index contributed by atoms with van der Waals surface area (Å²) >= 11 is 1.50. The smallest absolute Gasteiger partial charge is 0.142 e. The molecule has 0 amide bonds. The molecular weight excluding hydrogens is 182 g/mol. The van der Waals surface area contributed by atoms with Crippen molar-refractivity contribution >= 4 is 22.4 Å². The maximum Gasteiger partial charge on any atom is 0.142 e. The Morgan fingerprint density at radius 2 is 2.15 bits per heavy atom. The molecule has 1 aromatic rings. The van der Waals surface area contributed by atoms with Crippen molar-refractivity contribution < 1.29 is 0 Å². The SMILES string of the molecule is CCCN(CC)c1snc(N)c1C. The number of nitrogens with zero attached hydrogens (tertiary/aromatic N) is 2. The van der Waals surface area contributed by atoms with E-state index in [1.165, 1.54) is 16.5 Å². The summed E-state index contributed by atoms with van der Waals surface area (Å²) in [5, 5.41) is 1.22. The Morgan fingerprint density at radius 1 is 1.46 bits per heavy atom. The summed E-state index contributed by atoms with van der Waals surface area (Å²) in [6, 6.07) is 0. The molecule has 0 aromatic carbocycles. The van der Waals surface area contributed by atoms with Crippen LogP contribution in [-0.4, -0.2) is 17.5 Å². The number of aromatic nitrogens is 1. The van der Waals surface area contributed by atoms with Crippen molar-refractivity contribution in [3.8, 4) is 0 Å². The number of nitrogen functional groups attached to an aromatic ring is 1. The average molecular weight is 199 g/mol. The highest BCUT2D eigenvalue weighted by Gasteiger charge is 2.11. The lowest BCUT2D eigenvalue weighted by Gasteiger charge is -2.20. The highest BCUT2D eigenvalue weighted by molar-refractivity contribution is 7.10. The topological polar surface area (TPSA) is 42.2 Å². The van der Waals surface area contributed by atoms with Gasteiger partial charge < -0.3 is 10.6 Å². The maximum atomic E-state index is 5.70. The minimum absolute atomic E-state index is 0.676. The fraction of sp³-hybridized carbons (Fsp3) is 0.667. The van der Waals surface area contributed by atoms with Crippen LogP contribution in [0.5, 0.6) is 0 Å². The minimum Gasteiger partial charge on any atom is -0.383 e. The van der Waals surface area contributed by atoms with Gasteiger partial charge in [0.15, 0.2) is 0 Å². The lowest BCUT2D eigenvalue weighted by atomic mass is 10.3. The van der Waals surface area contributed by atoms with Crippen LogP contribution in [0.15, 0.2) is 0 Å². The molecule has 1 aromatic heterocycles. The first-order valence-electron chi connectivity index (χ1n) is 4.67. The van der Waals surface area contributed by atoms with Crippen LogP contribution >= 0.6 is 11.5 Å². The molecule has 0 fully saturated rings. The van der Waals surface area contributed by atoms with E-state index in [9.17, 15) is 0 Å². The van der Waals surface area contributed by atoms with Crippen LogP contribution in [0.3, 0.4) is 0 Å².